The van der Waals surface area contributed by atoms with Gasteiger partial charge in [-0.1, -0.05) is 0 Å². The predicted molar refractivity (Wildman–Crippen MR) is 69.6 cm³/mol. The summed E-state index contributed by atoms with van der Waals surface area (Å²) in [5, 5.41) is 0. The molecule has 0 aromatic heterocycles. The molecule has 0 amide bonds. The van der Waals surface area contributed by atoms with Crippen molar-refractivity contribution in [2.75, 3.05) is 0 Å². The molecule has 0 spiro atoms. The van der Waals surface area contributed by atoms with Crippen molar-refractivity contribution in [3.8, 4) is 0 Å². The Bertz CT molecular complexity index is 82.3. The molecule has 0 radical (unpaired) electrons. The Morgan fingerprint density at radius 2 is 1.89 bits per heavy atom. The van der Waals surface area contributed by atoms with Crippen LogP contribution in [0.25, 0.3) is 0 Å². The monoisotopic (exact) mass is 467 g/mol. The number of hydrogen-bond acceptors (Lipinski definition) is 1. The molecule has 0 rings (SSSR count). The fourth-order valence-corrected chi connectivity index (χ4v) is 9.15. The van der Waals surface area contributed by atoms with Crippen molar-refractivity contribution in [3.63, 3.8) is 0 Å². The molecular weight excluding hydrogens is 455 g/mol. The molecule has 0 aliphatic rings. The van der Waals surface area contributed by atoms with Crippen LogP contribution in [-0.4, -0.2) is 5.54 Å². The van der Waals surface area contributed by atoms with Crippen molar-refractivity contribution in [3.05, 3.63) is 0 Å². The first-order valence-electron chi connectivity index (χ1n) is 2.79. The van der Waals surface area contributed by atoms with Crippen LogP contribution in [0.15, 0.2) is 0 Å². The van der Waals surface area contributed by atoms with Gasteiger partial charge in [0.05, 0.1) is 0 Å². The molecule has 0 aromatic carbocycles. The zero-order chi connectivity index (χ0) is 7.49. The van der Waals surface area contributed by atoms with E-state index in [0.717, 1.165) is 0 Å². The third-order valence-electron chi connectivity index (χ3n) is 1.21. The number of nitrogens with one attached hydrogen (secondary N) is 1. The van der Waals surface area contributed by atoms with E-state index in [1.807, 2.05) is 0 Å². The molecule has 0 aliphatic heterocycles. The first kappa shape index (κ1) is 11.2. The first-order valence-corrected chi connectivity index (χ1v) is 16.4. The minimum atomic E-state index is -0.772. The molecular formula is C5H12I3N. The summed E-state index contributed by atoms with van der Waals surface area (Å²) in [4.78, 5) is 0. The van der Waals surface area contributed by atoms with Gasteiger partial charge in [0.2, 0.25) is 0 Å². The van der Waals surface area contributed by atoms with E-state index in [-0.39, 0.29) is 0 Å². The van der Waals surface area contributed by atoms with E-state index in [1.165, 1.54) is 6.42 Å². The van der Waals surface area contributed by atoms with Crippen LogP contribution in [0, 0.1) is 0 Å². The average Bonchev–Trinajstić information content (AvgIpc) is 1.63. The molecule has 0 aliphatic carbocycles. The van der Waals surface area contributed by atoms with Crippen molar-refractivity contribution in [1.82, 2.24) is 3.53 Å². The second-order valence-corrected chi connectivity index (χ2v) is 25.6. The molecule has 0 fully saturated rings. The van der Waals surface area contributed by atoms with Gasteiger partial charge in [-0.05, 0) is 0 Å². The Kier molecular flexibility index (Phi) is 6.09. The Morgan fingerprint density at radius 1 is 1.44 bits per heavy atom. The summed E-state index contributed by atoms with van der Waals surface area (Å²) in [5.41, 5.74) is 0.368. The third-order valence-corrected chi connectivity index (χ3v) is 5.81. The van der Waals surface area contributed by atoms with Crippen LogP contribution in [0.5, 0.6) is 0 Å². The summed E-state index contributed by atoms with van der Waals surface area (Å²) in [6.07, 6.45) is 1.22. The Labute approximate surface area is 84.2 Å². The zero-order valence-electron chi connectivity index (χ0n) is 5.84. The molecule has 0 atom stereocenters. The second-order valence-electron chi connectivity index (χ2n) is 2.53. The summed E-state index contributed by atoms with van der Waals surface area (Å²) in [6, 6.07) is 0. The van der Waals surface area contributed by atoms with Crippen molar-refractivity contribution < 1.29 is 0 Å². The zero-order valence-corrected chi connectivity index (χ0v) is 12.3. The van der Waals surface area contributed by atoms with Crippen LogP contribution in [0.2, 0.25) is 0 Å². The van der Waals surface area contributed by atoms with Gasteiger partial charge in [0.1, 0.15) is 0 Å². The number of hydrogen-bond donors (Lipinski definition) is 1. The summed E-state index contributed by atoms with van der Waals surface area (Å²) in [7, 11) is 0. The van der Waals surface area contributed by atoms with Gasteiger partial charge in [-0.15, -0.1) is 0 Å². The second kappa shape index (κ2) is 4.91. The average molecular weight is 467 g/mol. The van der Waals surface area contributed by atoms with E-state index in [1.54, 1.807) is 0 Å². The Balaban J connectivity index is 3.58. The quantitative estimate of drug-likeness (QED) is 0.491. The molecule has 0 bridgehead atoms. The molecule has 58 valence electrons. The van der Waals surface area contributed by atoms with Crippen molar-refractivity contribution in [2.45, 2.75) is 32.7 Å². The maximum absolute atomic E-state index is 3.60. The van der Waals surface area contributed by atoms with Crippen LogP contribution in [0.1, 0.15) is 27.2 Å². The normalized spacial score (nSPS) is 13.7. The van der Waals surface area contributed by atoms with E-state index >= 15 is 0 Å². The minimum absolute atomic E-state index is 0.368. The van der Waals surface area contributed by atoms with E-state index in [0.29, 0.717) is 5.54 Å². The van der Waals surface area contributed by atoms with Crippen LogP contribution >= 0.6 is 49.4 Å². The van der Waals surface area contributed by atoms with Crippen LogP contribution in [-0.2, 0) is 0 Å². The number of rotatable bonds is 3. The predicted octanol–water partition coefficient (Wildman–Crippen LogP) is 3.89. The van der Waals surface area contributed by atoms with Crippen LogP contribution in [0.4, 0.5) is 0 Å². The fraction of sp³-hybridized carbons (Fsp3) is 1.00. The van der Waals surface area contributed by atoms with E-state index in [4.69, 9.17) is 0 Å². The van der Waals surface area contributed by atoms with Gasteiger partial charge in [0, 0.05) is 0 Å². The molecule has 0 heterocycles. The SMILES string of the molecule is CCC(C)(C)NI(I)I. The summed E-state index contributed by atoms with van der Waals surface area (Å²) in [6.45, 7) is 6.74. The third kappa shape index (κ3) is 6.54. The summed E-state index contributed by atoms with van der Waals surface area (Å²) < 4.78 is 3.60. The van der Waals surface area contributed by atoms with Gasteiger partial charge in [-0.25, -0.2) is 0 Å². The topological polar surface area (TPSA) is 12.0 Å². The van der Waals surface area contributed by atoms with E-state index < -0.39 is 12.1 Å². The van der Waals surface area contributed by atoms with Crippen molar-refractivity contribution in [2.24, 2.45) is 0 Å². The standard InChI is InChI=1S/C5H12I3N/c1-4-5(2,3)9-8(6)7/h9H,4H2,1-3H3. The van der Waals surface area contributed by atoms with Crippen molar-refractivity contribution >= 4 is 49.4 Å². The Morgan fingerprint density at radius 3 is 2.00 bits per heavy atom. The molecule has 1 nitrogen and oxygen atoms in total. The van der Waals surface area contributed by atoms with Crippen LogP contribution < -0.4 is 3.53 Å². The summed E-state index contributed by atoms with van der Waals surface area (Å²) in [5.74, 6) is 0. The van der Waals surface area contributed by atoms with Gasteiger partial charge < -0.3 is 0 Å². The van der Waals surface area contributed by atoms with E-state index in [2.05, 4.69) is 61.5 Å². The molecule has 1 N–H and O–H groups in total. The van der Waals surface area contributed by atoms with Gasteiger partial charge in [-0.3, -0.25) is 0 Å². The van der Waals surface area contributed by atoms with Gasteiger partial charge in [0.15, 0.2) is 0 Å². The molecule has 0 saturated heterocycles. The fourth-order valence-electron chi connectivity index (χ4n) is 0.260. The summed E-state index contributed by atoms with van der Waals surface area (Å²) >= 11 is 4.27. The van der Waals surface area contributed by atoms with Gasteiger partial charge >= 0.3 is 85.6 Å². The van der Waals surface area contributed by atoms with E-state index in [9.17, 15) is 0 Å². The molecule has 0 saturated carbocycles. The molecule has 0 unspecified atom stereocenters. The molecule has 0 aromatic rings. The van der Waals surface area contributed by atoms with Gasteiger partial charge in [0.25, 0.3) is 0 Å². The maximum atomic E-state index is 3.60. The van der Waals surface area contributed by atoms with Crippen molar-refractivity contribution in [1.29, 1.82) is 0 Å². The first-order chi connectivity index (χ1) is 3.98. The van der Waals surface area contributed by atoms with Gasteiger partial charge in [-0.2, -0.15) is 0 Å². The molecule has 9 heavy (non-hydrogen) atoms. The molecule has 4 heteroatoms. The Hall–Kier alpha value is 2.15. The van der Waals surface area contributed by atoms with Crippen LogP contribution in [0.3, 0.4) is 0 Å². The number of halogens is 3.